The van der Waals surface area contributed by atoms with Gasteiger partial charge in [0.2, 0.25) is 0 Å². The first-order valence-corrected chi connectivity index (χ1v) is 11.9. The molecule has 0 unspecified atom stereocenters. The molecule has 0 saturated carbocycles. The Balaban J connectivity index is 1.47. The van der Waals surface area contributed by atoms with Gasteiger partial charge in [-0.15, -0.1) is 0 Å². The molecule has 0 atom stereocenters. The van der Waals surface area contributed by atoms with Crippen LogP contribution in [0.1, 0.15) is 41.6 Å². The summed E-state index contributed by atoms with van der Waals surface area (Å²) >= 11 is 0. The highest BCUT2D eigenvalue weighted by Gasteiger charge is 2.31. The Morgan fingerprint density at radius 2 is 1.65 bits per heavy atom. The lowest BCUT2D eigenvalue weighted by Crippen LogP contribution is -2.51. The van der Waals surface area contributed by atoms with E-state index in [9.17, 15) is 14.0 Å². The number of carbonyl (C=O) groups is 2. The minimum Gasteiger partial charge on any atom is -0.482 e. The van der Waals surface area contributed by atoms with E-state index >= 15 is 0 Å². The molecule has 2 aliphatic rings. The first kappa shape index (κ1) is 24.2. The third-order valence-corrected chi connectivity index (χ3v) is 6.76. The zero-order valence-corrected chi connectivity index (χ0v) is 19.3. The number of rotatable bonds is 8. The normalized spacial score (nSPS) is 17.9. The molecule has 0 radical (unpaired) electrons. The lowest BCUT2D eigenvalue weighted by molar-refractivity contribution is -0.139. The predicted molar refractivity (Wildman–Crippen MR) is 126 cm³/mol. The van der Waals surface area contributed by atoms with Crippen molar-refractivity contribution in [1.82, 2.24) is 15.1 Å². The molecule has 7 nitrogen and oxygen atoms in total. The summed E-state index contributed by atoms with van der Waals surface area (Å²) in [5.74, 6) is -1.04. The number of ether oxygens (including phenoxy) is 1. The van der Waals surface area contributed by atoms with E-state index in [1.165, 1.54) is 25.0 Å². The molecule has 2 aromatic rings. The average Bonchev–Trinajstić information content (AvgIpc) is 2.88. The molecule has 2 N–H and O–H groups in total. The van der Waals surface area contributed by atoms with Crippen molar-refractivity contribution in [3.05, 3.63) is 65.5 Å². The van der Waals surface area contributed by atoms with E-state index in [2.05, 4.69) is 10.2 Å². The molecule has 0 bridgehead atoms. The molecule has 8 heteroatoms. The Morgan fingerprint density at radius 3 is 2.26 bits per heavy atom. The highest BCUT2D eigenvalue weighted by Crippen LogP contribution is 2.25. The van der Waals surface area contributed by atoms with Crippen LogP contribution in [0.3, 0.4) is 0 Å². The summed E-state index contributed by atoms with van der Waals surface area (Å²) in [4.78, 5) is 28.8. The van der Waals surface area contributed by atoms with E-state index in [1.807, 2.05) is 4.90 Å². The number of nitrogens with zero attached hydrogens (tertiary/aromatic N) is 2. The van der Waals surface area contributed by atoms with Crippen molar-refractivity contribution in [2.75, 3.05) is 32.8 Å². The Bertz CT molecular complexity index is 953. The number of hydrogen-bond acceptors (Lipinski definition) is 5. The maximum Gasteiger partial charge on any atom is 0.341 e. The number of amides is 1. The molecule has 34 heavy (non-hydrogen) atoms. The number of carbonyl (C=O) groups excluding carboxylic acids is 1. The van der Waals surface area contributed by atoms with Crippen LogP contribution in [0.5, 0.6) is 5.75 Å². The predicted octanol–water partition coefficient (Wildman–Crippen LogP) is 3.15. The van der Waals surface area contributed by atoms with Gasteiger partial charge in [0.25, 0.3) is 5.91 Å². The third kappa shape index (κ3) is 6.33. The van der Waals surface area contributed by atoms with Gasteiger partial charge in [0.05, 0.1) is 0 Å². The van der Waals surface area contributed by atoms with Crippen molar-refractivity contribution in [2.24, 2.45) is 0 Å². The van der Waals surface area contributed by atoms with Gasteiger partial charge >= 0.3 is 5.97 Å². The third-order valence-electron chi connectivity index (χ3n) is 6.76. The molecular weight excluding hydrogens is 437 g/mol. The topological polar surface area (TPSA) is 82.1 Å². The van der Waals surface area contributed by atoms with Crippen LogP contribution in [0.25, 0.3) is 0 Å². The smallest absolute Gasteiger partial charge is 0.341 e. The Labute approximate surface area is 199 Å². The standard InChI is InChI=1S/C26H32FN3O4/c27-21-5-1-19(2-6-21)17-30(23-11-15-29(16-12-23)22-9-13-28-14-10-22)26(33)20-3-7-24(8-4-20)34-18-25(31)32/h1-8,22-23,28H,9-18H2,(H,31,32). The van der Waals surface area contributed by atoms with Crippen LogP contribution in [0.15, 0.2) is 48.5 Å². The van der Waals surface area contributed by atoms with Crippen LogP contribution in [0.2, 0.25) is 0 Å². The maximum absolute atomic E-state index is 13.6. The van der Waals surface area contributed by atoms with Crippen LogP contribution in [-0.4, -0.2) is 71.7 Å². The van der Waals surface area contributed by atoms with Crippen LogP contribution in [0.4, 0.5) is 4.39 Å². The summed E-state index contributed by atoms with van der Waals surface area (Å²) < 4.78 is 18.6. The summed E-state index contributed by atoms with van der Waals surface area (Å²) in [5, 5.41) is 12.2. The molecule has 1 amide bonds. The van der Waals surface area contributed by atoms with Gasteiger partial charge in [-0.3, -0.25) is 4.79 Å². The minimum atomic E-state index is -1.05. The molecule has 2 fully saturated rings. The fraction of sp³-hybridized carbons (Fsp3) is 0.462. The summed E-state index contributed by atoms with van der Waals surface area (Å²) in [5.41, 5.74) is 1.41. The number of hydrogen-bond donors (Lipinski definition) is 2. The van der Waals surface area contributed by atoms with Gasteiger partial charge in [-0.25, -0.2) is 9.18 Å². The largest absolute Gasteiger partial charge is 0.482 e. The molecule has 0 aromatic heterocycles. The van der Waals surface area contributed by atoms with Crippen molar-refractivity contribution in [2.45, 2.75) is 44.3 Å². The van der Waals surface area contributed by atoms with E-state index < -0.39 is 12.6 Å². The second-order valence-corrected chi connectivity index (χ2v) is 9.01. The van der Waals surface area contributed by atoms with E-state index in [0.29, 0.717) is 23.9 Å². The Hall–Kier alpha value is -2.97. The number of aliphatic carboxylic acids is 1. The second-order valence-electron chi connectivity index (χ2n) is 9.01. The number of benzene rings is 2. The van der Waals surface area contributed by atoms with E-state index in [-0.39, 0.29) is 17.8 Å². The van der Waals surface area contributed by atoms with Gasteiger partial charge in [0.15, 0.2) is 6.61 Å². The number of likely N-dealkylation sites (tertiary alicyclic amines) is 1. The zero-order valence-electron chi connectivity index (χ0n) is 19.3. The van der Waals surface area contributed by atoms with Crippen LogP contribution < -0.4 is 10.1 Å². The average molecular weight is 470 g/mol. The van der Waals surface area contributed by atoms with E-state index in [0.717, 1.165) is 44.6 Å². The number of piperidine rings is 2. The van der Waals surface area contributed by atoms with Crippen molar-refractivity contribution in [1.29, 1.82) is 0 Å². The van der Waals surface area contributed by atoms with Crippen LogP contribution >= 0.6 is 0 Å². The molecule has 2 aliphatic heterocycles. The number of carboxylic acids is 1. The highest BCUT2D eigenvalue weighted by atomic mass is 19.1. The van der Waals surface area contributed by atoms with Gasteiger partial charge in [-0.05, 0) is 80.7 Å². The summed E-state index contributed by atoms with van der Waals surface area (Å²) in [7, 11) is 0. The van der Waals surface area contributed by atoms with Gasteiger partial charge < -0.3 is 25.0 Å². The van der Waals surface area contributed by atoms with Gasteiger partial charge in [0, 0.05) is 37.3 Å². The SMILES string of the molecule is O=C(O)COc1ccc(C(=O)N(Cc2ccc(F)cc2)C2CCN(C3CCNCC3)CC2)cc1. The molecule has 0 aliphatic carbocycles. The molecule has 182 valence electrons. The molecule has 2 aromatic carbocycles. The fourth-order valence-electron chi connectivity index (χ4n) is 4.89. The first-order valence-electron chi connectivity index (χ1n) is 11.9. The maximum atomic E-state index is 13.6. The lowest BCUT2D eigenvalue weighted by atomic mass is 9.96. The summed E-state index contributed by atoms with van der Waals surface area (Å²) in [6.45, 7) is 4.03. The minimum absolute atomic E-state index is 0.0885. The van der Waals surface area contributed by atoms with Crippen molar-refractivity contribution in [3.8, 4) is 5.75 Å². The van der Waals surface area contributed by atoms with Crippen molar-refractivity contribution in [3.63, 3.8) is 0 Å². The summed E-state index contributed by atoms with van der Waals surface area (Å²) in [6.07, 6.45) is 4.13. The van der Waals surface area contributed by atoms with E-state index in [4.69, 9.17) is 9.84 Å². The second kappa shape index (κ2) is 11.4. The fourth-order valence-corrected chi connectivity index (χ4v) is 4.89. The number of halogens is 1. The first-order chi connectivity index (χ1) is 16.5. The quantitative estimate of drug-likeness (QED) is 0.618. The molecule has 2 saturated heterocycles. The molecule has 2 heterocycles. The van der Waals surface area contributed by atoms with Crippen LogP contribution in [-0.2, 0) is 11.3 Å². The van der Waals surface area contributed by atoms with E-state index in [1.54, 1.807) is 36.4 Å². The monoisotopic (exact) mass is 469 g/mol. The van der Waals surface area contributed by atoms with Gasteiger partial charge in [-0.2, -0.15) is 0 Å². The van der Waals surface area contributed by atoms with Crippen molar-refractivity contribution < 1.29 is 23.8 Å². The Kier molecular flexibility index (Phi) is 8.13. The Morgan fingerprint density at radius 1 is 1.00 bits per heavy atom. The summed E-state index contributed by atoms with van der Waals surface area (Å²) in [6, 6.07) is 13.6. The van der Waals surface area contributed by atoms with Gasteiger partial charge in [0.1, 0.15) is 11.6 Å². The molecule has 4 rings (SSSR count). The number of nitrogens with one attached hydrogen (secondary N) is 1. The molecule has 0 spiro atoms. The zero-order chi connectivity index (χ0) is 23.9. The van der Waals surface area contributed by atoms with Gasteiger partial charge in [-0.1, -0.05) is 12.1 Å². The van der Waals surface area contributed by atoms with Crippen LogP contribution in [0, 0.1) is 5.82 Å². The lowest BCUT2D eigenvalue weighted by Gasteiger charge is -2.42. The van der Waals surface area contributed by atoms with Crippen molar-refractivity contribution >= 4 is 11.9 Å². The highest BCUT2D eigenvalue weighted by molar-refractivity contribution is 5.94. The molecular formula is C26H32FN3O4. The number of carboxylic acid groups (broad SMARTS) is 1.